The average Bonchev–Trinajstić information content (AvgIpc) is 1.76. The largest absolute Gasteiger partial charge is 1.00 e. The van der Waals surface area contributed by atoms with Crippen LogP contribution in [0.15, 0.2) is 0 Å². The van der Waals surface area contributed by atoms with Crippen LogP contribution in [0.3, 0.4) is 0 Å². The molecule has 0 amide bonds. The summed E-state index contributed by atoms with van der Waals surface area (Å²) in [5.41, 5.74) is 0. The molecule has 4 N–H and O–H groups in total. The molecule has 0 aliphatic rings. The van der Waals surface area contributed by atoms with E-state index in [1.54, 1.807) is 0 Å². The van der Waals surface area contributed by atoms with E-state index >= 15 is 0 Å². The fraction of sp³-hybridized carbons (Fsp3) is 0.500. The fourth-order valence-corrected chi connectivity index (χ4v) is 0. The summed E-state index contributed by atoms with van der Waals surface area (Å²) in [5, 5.41) is 46.7. The first kappa shape index (κ1) is 36.2. The van der Waals surface area contributed by atoms with Crippen LogP contribution in [0, 0.1) is 0 Å². The summed E-state index contributed by atoms with van der Waals surface area (Å²) in [5.74, 6) is -3.00. The van der Waals surface area contributed by atoms with E-state index in [0.29, 0.717) is 0 Å². The van der Waals surface area contributed by atoms with Gasteiger partial charge in [0.15, 0.2) is 0 Å². The number of hydrogen-bond donors (Lipinski definition) is 4. The van der Waals surface area contributed by atoms with Crippen molar-refractivity contribution < 1.29 is 104 Å². The molecule has 0 bridgehead atoms. The Labute approximate surface area is 149 Å². The molecule has 12 heteroatoms. The number of carboxylic acids is 3. The zero-order valence-corrected chi connectivity index (χ0v) is 14.9. The van der Waals surface area contributed by atoms with Gasteiger partial charge in [-0.05, 0) is 13.8 Å². The van der Waals surface area contributed by atoms with Gasteiger partial charge in [-0.1, -0.05) is 0 Å². The minimum atomic E-state index is -2.17. The van der Waals surface area contributed by atoms with E-state index in [9.17, 15) is 0 Å². The molecule has 0 aromatic heterocycles. The molecule has 0 aliphatic carbocycles. The van der Waals surface area contributed by atoms with Crippen molar-refractivity contribution in [2.45, 2.75) is 20.8 Å². The smallest absolute Gasteiger partial charge is 0.550 e. The van der Waals surface area contributed by atoms with Crippen LogP contribution in [0.2, 0.25) is 0 Å². The standard InChI is InChI=1S/3C2H4O2.BH3O3.2Na/c3*1-2(3)4;2-1(3)4;;/h3*1H3,(H,3,4);2-4H;;/q;;;;2*+1/p-2. The van der Waals surface area contributed by atoms with Crippen LogP contribution in [0.5, 0.6) is 0 Å². The molecular formula is C6H13BNa2O9. The summed E-state index contributed by atoms with van der Waals surface area (Å²) < 4.78 is 0. The Balaban J connectivity index is -0.0000000257. The molecule has 9 nitrogen and oxygen atoms in total. The molecule has 18 heavy (non-hydrogen) atoms. The number of carboxylic acid groups (broad SMARTS) is 3. The molecular weight excluding hydrogens is 273 g/mol. The monoisotopic (exact) mass is 286 g/mol. The number of rotatable bonds is 0. The summed E-state index contributed by atoms with van der Waals surface area (Å²) in [6.07, 6.45) is 0. The van der Waals surface area contributed by atoms with E-state index in [1.807, 2.05) is 0 Å². The maximum absolute atomic E-state index is 9.00. The number of carbonyl (C=O) groups excluding carboxylic acids is 2. The minimum Gasteiger partial charge on any atom is -0.550 e. The van der Waals surface area contributed by atoms with Gasteiger partial charge in [0.05, 0.1) is 0 Å². The fourth-order valence-electron chi connectivity index (χ4n) is 0. The van der Waals surface area contributed by atoms with Gasteiger partial charge in [-0.25, -0.2) is 0 Å². The Kier molecular flexibility index (Phi) is 61.2. The average molecular weight is 286 g/mol. The van der Waals surface area contributed by atoms with Gasteiger partial charge in [-0.15, -0.1) is 0 Å². The molecule has 0 fully saturated rings. The summed E-state index contributed by atoms with van der Waals surface area (Å²) >= 11 is 0. The molecule has 0 aromatic carbocycles. The predicted molar refractivity (Wildman–Crippen MR) is 47.1 cm³/mol. The third kappa shape index (κ3) is 30600. The van der Waals surface area contributed by atoms with Crippen LogP contribution in [0.25, 0.3) is 0 Å². The second-order valence-corrected chi connectivity index (χ2v) is 1.85. The normalized spacial score (nSPS) is 5.67. The second-order valence-electron chi connectivity index (χ2n) is 1.85. The van der Waals surface area contributed by atoms with E-state index in [4.69, 9.17) is 44.8 Å². The summed E-state index contributed by atoms with van der Waals surface area (Å²) in [6.45, 7) is 3.03. The molecule has 0 aliphatic heterocycles. The van der Waals surface area contributed by atoms with Crippen LogP contribution in [0.1, 0.15) is 20.8 Å². The van der Waals surface area contributed by atoms with Crippen LogP contribution in [0.4, 0.5) is 0 Å². The molecule has 0 saturated carbocycles. The van der Waals surface area contributed by atoms with Gasteiger partial charge < -0.3 is 40.0 Å². The molecule has 0 rings (SSSR count). The molecule has 0 spiro atoms. The van der Waals surface area contributed by atoms with Crippen molar-refractivity contribution in [1.82, 2.24) is 0 Å². The van der Waals surface area contributed by atoms with Gasteiger partial charge in [0.1, 0.15) is 0 Å². The van der Waals surface area contributed by atoms with E-state index in [2.05, 4.69) is 0 Å². The van der Waals surface area contributed by atoms with E-state index in [-0.39, 0.29) is 59.1 Å². The molecule has 0 saturated heterocycles. The summed E-state index contributed by atoms with van der Waals surface area (Å²) in [6, 6.07) is 0. The number of carbonyl (C=O) groups is 3. The third-order valence-electron chi connectivity index (χ3n) is 0. The van der Waals surface area contributed by atoms with E-state index < -0.39 is 25.2 Å². The SMILES string of the molecule is CC(=O)O.CC(=O)[O-].CC(=O)[O-].OB(O)O.[Na+].[Na+]. The Morgan fingerprint density at radius 3 is 0.833 bits per heavy atom. The maximum atomic E-state index is 9.00. The number of hydrogen-bond acceptors (Lipinski definition) is 8. The van der Waals surface area contributed by atoms with Crippen LogP contribution < -0.4 is 69.3 Å². The molecule has 0 heterocycles. The summed E-state index contributed by atoms with van der Waals surface area (Å²) in [7, 11) is -2.17. The van der Waals surface area contributed by atoms with Crippen molar-refractivity contribution in [3.63, 3.8) is 0 Å². The van der Waals surface area contributed by atoms with Crippen molar-refractivity contribution in [1.29, 1.82) is 0 Å². The topological polar surface area (TPSA) is 178 Å². The van der Waals surface area contributed by atoms with Crippen molar-refractivity contribution in [3.8, 4) is 0 Å². The Hall–Kier alpha value is 0.355. The Morgan fingerprint density at radius 1 is 0.833 bits per heavy atom. The molecule has 0 unspecified atom stereocenters. The zero-order valence-electron chi connectivity index (χ0n) is 10.9. The van der Waals surface area contributed by atoms with Crippen LogP contribution in [-0.4, -0.2) is 45.4 Å². The maximum Gasteiger partial charge on any atom is 1.00 e. The number of aliphatic carboxylic acids is 3. The second kappa shape index (κ2) is 30.4. The first-order valence-electron chi connectivity index (χ1n) is 3.52. The van der Waals surface area contributed by atoms with Crippen molar-refractivity contribution in [2.75, 3.05) is 0 Å². The molecule has 0 atom stereocenters. The zero-order chi connectivity index (χ0) is 14.3. The van der Waals surface area contributed by atoms with Gasteiger partial charge in [0, 0.05) is 18.9 Å². The molecule has 96 valence electrons. The third-order valence-corrected chi connectivity index (χ3v) is 0. The van der Waals surface area contributed by atoms with E-state index in [1.165, 1.54) is 0 Å². The minimum absolute atomic E-state index is 0. The van der Waals surface area contributed by atoms with Crippen LogP contribution in [-0.2, 0) is 14.4 Å². The Bertz CT molecular complexity index is 156. The van der Waals surface area contributed by atoms with Gasteiger partial charge in [-0.3, -0.25) is 4.79 Å². The van der Waals surface area contributed by atoms with Crippen LogP contribution >= 0.6 is 0 Å². The van der Waals surface area contributed by atoms with Gasteiger partial charge >= 0.3 is 66.4 Å². The van der Waals surface area contributed by atoms with E-state index in [0.717, 1.165) is 20.8 Å². The van der Waals surface area contributed by atoms with Gasteiger partial charge in [0.25, 0.3) is 5.97 Å². The molecule has 0 aromatic rings. The quantitative estimate of drug-likeness (QED) is 0.314. The van der Waals surface area contributed by atoms with Gasteiger partial charge in [-0.2, -0.15) is 0 Å². The van der Waals surface area contributed by atoms with Gasteiger partial charge in [0.2, 0.25) is 0 Å². The first-order valence-corrected chi connectivity index (χ1v) is 3.52. The van der Waals surface area contributed by atoms with Crippen molar-refractivity contribution in [2.24, 2.45) is 0 Å². The Morgan fingerprint density at radius 2 is 0.833 bits per heavy atom. The molecule has 0 radical (unpaired) electrons. The van der Waals surface area contributed by atoms with Crippen molar-refractivity contribution in [3.05, 3.63) is 0 Å². The van der Waals surface area contributed by atoms with Crippen molar-refractivity contribution >= 4 is 25.2 Å². The predicted octanol–water partition coefficient (Wildman–Crippen LogP) is -10.4. The first-order chi connectivity index (χ1) is 6.93. The summed E-state index contributed by atoms with van der Waals surface area (Å²) in [4.78, 5) is 26.8.